The minimum absolute atomic E-state index is 0.161. The van der Waals surface area contributed by atoms with Crippen LogP contribution in [0.1, 0.15) is 66.3 Å². The fraction of sp³-hybridized carbons (Fsp3) is 0.357. The van der Waals surface area contributed by atoms with Crippen molar-refractivity contribution in [3.8, 4) is 11.5 Å². The van der Waals surface area contributed by atoms with Crippen molar-refractivity contribution in [1.29, 1.82) is 0 Å². The molecule has 0 bridgehead atoms. The van der Waals surface area contributed by atoms with Crippen LogP contribution in [0.5, 0.6) is 0 Å². The van der Waals surface area contributed by atoms with E-state index in [0.717, 1.165) is 31.2 Å². The Morgan fingerprint density at radius 3 is 2.26 bits per heavy atom. The van der Waals surface area contributed by atoms with Crippen molar-refractivity contribution < 1.29 is 37.1 Å². The van der Waals surface area contributed by atoms with Gasteiger partial charge in [0.05, 0.1) is 0 Å². The summed E-state index contributed by atoms with van der Waals surface area (Å²) >= 11 is 0. The third-order valence-corrected chi connectivity index (χ3v) is 6.73. The molecular weight excluding hydrogens is 515 g/mol. The number of hydrogen-bond donors (Lipinski definition) is 3. The molecule has 3 N–H and O–H groups in total. The topological polar surface area (TPSA) is 122 Å². The molecule has 39 heavy (non-hydrogen) atoms. The summed E-state index contributed by atoms with van der Waals surface area (Å²) < 4.78 is 45.2. The Kier molecular flexibility index (Phi) is 8.68. The van der Waals surface area contributed by atoms with Gasteiger partial charge in [0.1, 0.15) is 0 Å². The van der Waals surface area contributed by atoms with Crippen LogP contribution in [-0.4, -0.2) is 34.4 Å². The molecule has 0 atom stereocenters. The van der Waals surface area contributed by atoms with E-state index in [4.69, 9.17) is 9.52 Å². The Morgan fingerprint density at radius 2 is 1.64 bits per heavy atom. The number of rotatable bonds is 9. The first-order chi connectivity index (χ1) is 18.6. The first-order valence-corrected chi connectivity index (χ1v) is 12.6. The summed E-state index contributed by atoms with van der Waals surface area (Å²) in [6.45, 7) is -0.201. The van der Waals surface area contributed by atoms with E-state index < -0.39 is 35.4 Å². The molecule has 1 fully saturated rings. The van der Waals surface area contributed by atoms with Crippen LogP contribution >= 0.6 is 0 Å². The fourth-order valence-corrected chi connectivity index (χ4v) is 4.75. The molecule has 2 amide bonds. The maximum Gasteiger partial charge on any atom is 0.452 e. The van der Waals surface area contributed by atoms with Gasteiger partial charge in [0.2, 0.25) is 17.6 Å². The number of aromatic nitrogens is 1. The number of alkyl halides is 3. The van der Waals surface area contributed by atoms with Crippen molar-refractivity contribution in [2.45, 2.75) is 50.6 Å². The van der Waals surface area contributed by atoms with Crippen molar-refractivity contribution in [2.75, 3.05) is 11.9 Å². The minimum atomic E-state index is -4.92. The van der Waals surface area contributed by atoms with Gasteiger partial charge in [-0.1, -0.05) is 30.3 Å². The van der Waals surface area contributed by atoms with E-state index in [1.54, 1.807) is 30.3 Å². The van der Waals surface area contributed by atoms with Crippen LogP contribution in [0.25, 0.3) is 11.5 Å². The molecule has 1 aliphatic carbocycles. The number of carbonyl (C=O) groups excluding carboxylic acids is 2. The van der Waals surface area contributed by atoms with Gasteiger partial charge in [0.15, 0.2) is 5.69 Å². The molecule has 0 saturated heterocycles. The summed E-state index contributed by atoms with van der Waals surface area (Å²) in [4.78, 5) is 39.5. The molecule has 1 aliphatic rings. The van der Waals surface area contributed by atoms with Crippen molar-refractivity contribution in [1.82, 2.24) is 10.3 Å². The number of carboxylic acids is 1. The van der Waals surface area contributed by atoms with Gasteiger partial charge in [-0.2, -0.15) is 13.2 Å². The van der Waals surface area contributed by atoms with E-state index in [1.807, 2.05) is 12.1 Å². The highest BCUT2D eigenvalue weighted by molar-refractivity contribution is 5.95. The lowest BCUT2D eigenvalue weighted by atomic mass is 9.77. The van der Waals surface area contributed by atoms with Crippen molar-refractivity contribution in [3.05, 3.63) is 71.6 Å². The molecule has 1 aromatic heterocycles. The van der Waals surface area contributed by atoms with Crippen molar-refractivity contribution in [2.24, 2.45) is 5.92 Å². The van der Waals surface area contributed by atoms with Crippen LogP contribution in [0.3, 0.4) is 0 Å². The lowest BCUT2D eigenvalue weighted by Crippen LogP contribution is -2.29. The lowest BCUT2D eigenvalue weighted by molar-refractivity contribution is -0.153. The average Bonchev–Trinajstić information content (AvgIpc) is 3.37. The molecule has 206 valence electrons. The standard InChI is InChI=1S/C28H28F3N3O5/c29-28(30,31)25-24(34-27(39-25)20-4-2-1-3-5-20)26(38)32-15-14-22(35)33-21-12-10-19(11-13-21)18-8-6-17(7-9-18)16-23(36)37/h1-5,10-13,17-18H,6-9,14-16H2,(H,32,38)(H,33,35)(H,36,37)/t17-,18-. The van der Waals surface area contributed by atoms with Gasteiger partial charge in [-0.25, -0.2) is 4.98 Å². The largest absolute Gasteiger partial charge is 0.481 e. The maximum atomic E-state index is 13.4. The Morgan fingerprint density at radius 1 is 0.974 bits per heavy atom. The summed E-state index contributed by atoms with van der Waals surface area (Å²) in [5.41, 5.74) is 1.07. The van der Waals surface area contributed by atoms with E-state index in [0.29, 0.717) is 17.2 Å². The molecule has 3 aromatic rings. The van der Waals surface area contributed by atoms with E-state index in [9.17, 15) is 27.6 Å². The van der Waals surface area contributed by atoms with E-state index in [1.165, 1.54) is 12.1 Å². The molecule has 0 unspecified atom stereocenters. The molecule has 0 radical (unpaired) electrons. The summed E-state index contributed by atoms with van der Waals surface area (Å²) in [5, 5.41) is 14.0. The first kappa shape index (κ1) is 27.9. The number of oxazole rings is 1. The number of benzene rings is 2. The zero-order valence-electron chi connectivity index (χ0n) is 21.0. The quantitative estimate of drug-likeness (QED) is 0.311. The average molecular weight is 544 g/mol. The van der Waals surface area contributed by atoms with Gasteiger partial charge < -0.3 is 20.2 Å². The number of halogens is 3. The maximum absolute atomic E-state index is 13.4. The normalized spacial score (nSPS) is 17.4. The summed E-state index contributed by atoms with van der Waals surface area (Å²) in [6.07, 6.45) is -1.31. The fourth-order valence-electron chi connectivity index (χ4n) is 4.75. The van der Waals surface area contributed by atoms with E-state index in [2.05, 4.69) is 15.6 Å². The van der Waals surface area contributed by atoms with E-state index in [-0.39, 0.29) is 31.2 Å². The predicted octanol–water partition coefficient (Wildman–Crippen LogP) is 5.87. The summed E-state index contributed by atoms with van der Waals surface area (Å²) in [7, 11) is 0. The van der Waals surface area contributed by atoms with Gasteiger partial charge >= 0.3 is 12.1 Å². The smallest absolute Gasteiger partial charge is 0.452 e. The van der Waals surface area contributed by atoms with Crippen LogP contribution in [0.4, 0.5) is 18.9 Å². The molecule has 0 spiro atoms. The predicted molar refractivity (Wildman–Crippen MR) is 136 cm³/mol. The number of amides is 2. The lowest BCUT2D eigenvalue weighted by Gasteiger charge is -2.28. The van der Waals surface area contributed by atoms with Gasteiger partial charge in [-0.15, -0.1) is 0 Å². The highest BCUT2D eigenvalue weighted by Gasteiger charge is 2.42. The van der Waals surface area contributed by atoms with Crippen LogP contribution in [-0.2, 0) is 15.8 Å². The number of hydrogen-bond acceptors (Lipinski definition) is 5. The number of nitrogens with zero attached hydrogens (tertiary/aromatic N) is 1. The number of anilines is 1. The third kappa shape index (κ3) is 7.46. The summed E-state index contributed by atoms with van der Waals surface area (Å²) in [6, 6.07) is 15.3. The van der Waals surface area contributed by atoms with Crippen LogP contribution in [0.15, 0.2) is 59.0 Å². The Hall–Kier alpha value is -4.15. The third-order valence-electron chi connectivity index (χ3n) is 6.73. The highest BCUT2D eigenvalue weighted by Crippen LogP contribution is 2.37. The molecule has 1 saturated carbocycles. The van der Waals surface area contributed by atoms with Gasteiger partial charge in [-0.05, 0) is 67.3 Å². The molecule has 2 aromatic carbocycles. The molecule has 8 nitrogen and oxygen atoms in total. The SMILES string of the molecule is O=C(O)C[C@H]1CC[C@H](c2ccc(NC(=O)CCNC(=O)c3nc(-c4ccccc4)oc3C(F)(F)F)cc2)CC1. The van der Waals surface area contributed by atoms with E-state index >= 15 is 0 Å². The second kappa shape index (κ2) is 12.1. The molecule has 11 heteroatoms. The second-order valence-corrected chi connectivity index (χ2v) is 9.55. The number of carboxylic acid groups (broad SMARTS) is 1. The molecule has 0 aliphatic heterocycles. The second-order valence-electron chi connectivity index (χ2n) is 9.55. The molecule has 1 heterocycles. The highest BCUT2D eigenvalue weighted by atomic mass is 19.4. The Bertz CT molecular complexity index is 1300. The van der Waals surface area contributed by atoms with Crippen LogP contribution in [0, 0.1) is 5.92 Å². The molecule has 4 rings (SSSR count). The number of nitrogens with one attached hydrogen (secondary N) is 2. The first-order valence-electron chi connectivity index (χ1n) is 12.6. The Balaban J connectivity index is 1.27. The Labute approximate surface area is 222 Å². The number of aliphatic carboxylic acids is 1. The number of carbonyl (C=O) groups is 3. The summed E-state index contributed by atoms with van der Waals surface area (Å²) in [5.74, 6) is -3.55. The van der Waals surface area contributed by atoms with Crippen molar-refractivity contribution in [3.63, 3.8) is 0 Å². The zero-order chi connectivity index (χ0) is 28.0. The van der Waals surface area contributed by atoms with Crippen molar-refractivity contribution >= 4 is 23.5 Å². The van der Waals surface area contributed by atoms with Gasteiger partial charge in [-0.3, -0.25) is 14.4 Å². The van der Waals surface area contributed by atoms with Crippen LogP contribution in [0.2, 0.25) is 0 Å². The van der Waals surface area contributed by atoms with Gasteiger partial charge in [0.25, 0.3) is 5.91 Å². The van der Waals surface area contributed by atoms with Crippen LogP contribution < -0.4 is 10.6 Å². The zero-order valence-corrected chi connectivity index (χ0v) is 21.0. The molecular formula is C28H28F3N3O5. The van der Waals surface area contributed by atoms with Gasteiger partial charge in [0, 0.05) is 30.6 Å². The minimum Gasteiger partial charge on any atom is -0.481 e. The monoisotopic (exact) mass is 543 g/mol.